The summed E-state index contributed by atoms with van der Waals surface area (Å²) < 4.78 is 0. The maximum absolute atomic E-state index is 5.99. The highest BCUT2D eigenvalue weighted by Crippen LogP contribution is 2.24. The van der Waals surface area contributed by atoms with E-state index in [0.717, 1.165) is 21.5 Å². The lowest BCUT2D eigenvalue weighted by Crippen LogP contribution is -2.08. The van der Waals surface area contributed by atoms with Crippen molar-refractivity contribution in [3.05, 3.63) is 34.9 Å². The van der Waals surface area contributed by atoms with Gasteiger partial charge < -0.3 is 5.43 Å². The standard InChI is InChI=1S/C10H10ClN3/c1-6-8(11)4-2-7-3-5-9(14-12)13-10(6)7/h2-5H,12H2,1H3,(H,13,14). The van der Waals surface area contributed by atoms with Crippen LogP contribution in [0.3, 0.4) is 0 Å². The van der Waals surface area contributed by atoms with Crippen LogP contribution in [-0.4, -0.2) is 4.98 Å². The summed E-state index contributed by atoms with van der Waals surface area (Å²) in [4.78, 5) is 4.33. The summed E-state index contributed by atoms with van der Waals surface area (Å²) in [6.07, 6.45) is 0. The van der Waals surface area contributed by atoms with Gasteiger partial charge in [0.2, 0.25) is 0 Å². The van der Waals surface area contributed by atoms with E-state index in [1.807, 2.05) is 31.2 Å². The molecule has 0 saturated heterocycles. The van der Waals surface area contributed by atoms with Crippen molar-refractivity contribution in [3.8, 4) is 0 Å². The van der Waals surface area contributed by atoms with Gasteiger partial charge in [-0.15, -0.1) is 0 Å². The fraction of sp³-hybridized carbons (Fsp3) is 0.100. The molecule has 0 bridgehead atoms. The maximum atomic E-state index is 5.99. The van der Waals surface area contributed by atoms with Crippen LogP contribution in [0.5, 0.6) is 0 Å². The molecule has 2 rings (SSSR count). The van der Waals surface area contributed by atoms with Crippen molar-refractivity contribution in [2.75, 3.05) is 5.43 Å². The molecule has 0 aliphatic heterocycles. The van der Waals surface area contributed by atoms with Gasteiger partial charge in [0.1, 0.15) is 5.82 Å². The van der Waals surface area contributed by atoms with Gasteiger partial charge >= 0.3 is 0 Å². The largest absolute Gasteiger partial charge is 0.308 e. The molecule has 0 atom stereocenters. The molecule has 0 spiro atoms. The molecule has 1 aromatic carbocycles. The quantitative estimate of drug-likeness (QED) is 0.558. The summed E-state index contributed by atoms with van der Waals surface area (Å²) in [5.41, 5.74) is 4.37. The number of hydrazine groups is 1. The number of rotatable bonds is 1. The Morgan fingerprint density at radius 2 is 2.00 bits per heavy atom. The molecule has 0 aliphatic carbocycles. The van der Waals surface area contributed by atoms with Crippen LogP contribution < -0.4 is 11.3 Å². The van der Waals surface area contributed by atoms with Gasteiger partial charge in [-0.1, -0.05) is 17.7 Å². The van der Waals surface area contributed by atoms with Crippen LogP contribution in [0, 0.1) is 6.92 Å². The van der Waals surface area contributed by atoms with Gasteiger partial charge in [-0.2, -0.15) is 0 Å². The number of nitrogens with one attached hydrogen (secondary N) is 1. The summed E-state index contributed by atoms with van der Waals surface area (Å²) in [5.74, 6) is 5.93. The number of pyridine rings is 1. The van der Waals surface area contributed by atoms with Gasteiger partial charge in [-0.25, -0.2) is 10.8 Å². The number of nitrogens with zero attached hydrogens (tertiary/aromatic N) is 1. The molecule has 3 N–H and O–H groups in total. The Hall–Kier alpha value is -1.32. The zero-order valence-corrected chi connectivity index (χ0v) is 8.47. The topological polar surface area (TPSA) is 50.9 Å². The van der Waals surface area contributed by atoms with Gasteiger partial charge in [-0.3, -0.25) is 0 Å². The molecule has 3 nitrogen and oxygen atoms in total. The molecular weight excluding hydrogens is 198 g/mol. The first kappa shape index (κ1) is 9.24. The molecule has 1 heterocycles. The number of nitrogens with two attached hydrogens (primary N) is 1. The van der Waals surface area contributed by atoms with Gasteiger partial charge in [-0.05, 0) is 30.7 Å². The Balaban J connectivity index is 2.78. The monoisotopic (exact) mass is 207 g/mol. The fourth-order valence-electron chi connectivity index (χ4n) is 1.39. The lowest BCUT2D eigenvalue weighted by molar-refractivity contribution is 1.25. The first-order valence-electron chi connectivity index (χ1n) is 4.25. The first-order chi connectivity index (χ1) is 6.72. The van der Waals surface area contributed by atoms with Crippen LogP contribution in [0.2, 0.25) is 5.02 Å². The number of hydrogen-bond donors (Lipinski definition) is 2. The SMILES string of the molecule is Cc1c(Cl)ccc2ccc(NN)nc12. The van der Waals surface area contributed by atoms with Crippen LogP contribution >= 0.6 is 11.6 Å². The smallest absolute Gasteiger partial charge is 0.140 e. The van der Waals surface area contributed by atoms with E-state index in [1.165, 1.54) is 0 Å². The predicted molar refractivity (Wildman–Crippen MR) is 59.3 cm³/mol. The lowest BCUT2D eigenvalue weighted by atomic mass is 10.1. The predicted octanol–water partition coefficient (Wildman–Crippen LogP) is 2.48. The zero-order valence-electron chi connectivity index (χ0n) is 7.71. The summed E-state index contributed by atoms with van der Waals surface area (Å²) in [5, 5.41) is 1.78. The number of fused-ring (bicyclic) bond motifs is 1. The Kier molecular flexibility index (Phi) is 2.27. The summed E-state index contributed by atoms with van der Waals surface area (Å²) in [7, 11) is 0. The van der Waals surface area contributed by atoms with Crippen molar-refractivity contribution in [3.63, 3.8) is 0 Å². The summed E-state index contributed by atoms with van der Waals surface area (Å²) in [6, 6.07) is 7.60. The molecule has 0 saturated carbocycles. The van der Waals surface area contributed by atoms with Crippen molar-refractivity contribution >= 4 is 28.3 Å². The van der Waals surface area contributed by atoms with Crippen LogP contribution in [0.25, 0.3) is 10.9 Å². The molecule has 0 amide bonds. The van der Waals surface area contributed by atoms with E-state index in [1.54, 1.807) is 0 Å². The Labute approximate surface area is 86.9 Å². The number of aryl methyl sites for hydroxylation is 1. The molecule has 0 aliphatic rings. The van der Waals surface area contributed by atoms with E-state index in [-0.39, 0.29) is 0 Å². The highest BCUT2D eigenvalue weighted by atomic mass is 35.5. The van der Waals surface area contributed by atoms with E-state index < -0.39 is 0 Å². The zero-order chi connectivity index (χ0) is 10.1. The van der Waals surface area contributed by atoms with E-state index in [4.69, 9.17) is 17.4 Å². The molecule has 4 heteroatoms. The van der Waals surface area contributed by atoms with Gasteiger partial charge in [0.15, 0.2) is 0 Å². The van der Waals surface area contributed by atoms with Gasteiger partial charge in [0.25, 0.3) is 0 Å². The lowest BCUT2D eigenvalue weighted by Gasteiger charge is -2.05. The Bertz CT molecular complexity index is 482. The first-order valence-corrected chi connectivity index (χ1v) is 4.62. The molecule has 2 aromatic rings. The van der Waals surface area contributed by atoms with E-state index in [0.29, 0.717) is 5.82 Å². The number of nitrogen functional groups attached to an aromatic ring is 1. The van der Waals surface area contributed by atoms with E-state index in [9.17, 15) is 0 Å². The third-order valence-corrected chi connectivity index (χ3v) is 2.61. The van der Waals surface area contributed by atoms with Crippen LogP contribution in [0.15, 0.2) is 24.3 Å². The minimum Gasteiger partial charge on any atom is -0.308 e. The average Bonchev–Trinajstić information content (AvgIpc) is 2.23. The summed E-state index contributed by atoms with van der Waals surface area (Å²) in [6.45, 7) is 1.94. The summed E-state index contributed by atoms with van der Waals surface area (Å²) >= 11 is 5.99. The fourth-order valence-corrected chi connectivity index (χ4v) is 1.54. The second-order valence-electron chi connectivity index (χ2n) is 3.08. The highest BCUT2D eigenvalue weighted by Gasteiger charge is 2.03. The van der Waals surface area contributed by atoms with Gasteiger partial charge in [0.05, 0.1) is 5.52 Å². The third kappa shape index (κ3) is 1.41. The van der Waals surface area contributed by atoms with Crippen LogP contribution in [0.1, 0.15) is 5.56 Å². The molecular formula is C10H10ClN3. The van der Waals surface area contributed by atoms with Crippen LogP contribution in [-0.2, 0) is 0 Å². The average molecular weight is 208 g/mol. The van der Waals surface area contributed by atoms with E-state index >= 15 is 0 Å². The molecule has 0 unspecified atom stereocenters. The molecule has 0 fully saturated rings. The second-order valence-corrected chi connectivity index (χ2v) is 3.49. The van der Waals surface area contributed by atoms with Crippen molar-refractivity contribution < 1.29 is 0 Å². The normalized spacial score (nSPS) is 10.5. The minimum absolute atomic E-state index is 0.642. The second kappa shape index (κ2) is 3.44. The van der Waals surface area contributed by atoms with Gasteiger partial charge in [0, 0.05) is 10.4 Å². The maximum Gasteiger partial charge on any atom is 0.140 e. The molecule has 1 aromatic heterocycles. The van der Waals surface area contributed by atoms with Crippen molar-refractivity contribution in [1.82, 2.24) is 4.98 Å². The number of aromatic nitrogens is 1. The number of hydrogen-bond acceptors (Lipinski definition) is 3. The number of anilines is 1. The third-order valence-electron chi connectivity index (χ3n) is 2.20. The van der Waals surface area contributed by atoms with Crippen molar-refractivity contribution in [2.45, 2.75) is 6.92 Å². The van der Waals surface area contributed by atoms with Crippen molar-refractivity contribution in [1.29, 1.82) is 0 Å². The number of halogens is 1. The Morgan fingerprint density at radius 1 is 1.29 bits per heavy atom. The highest BCUT2D eigenvalue weighted by molar-refractivity contribution is 6.32. The van der Waals surface area contributed by atoms with Crippen molar-refractivity contribution in [2.24, 2.45) is 5.84 Å². The number of benzene rings is 1. The molecule has 72 valence electrons. The Morgan fingerprint density at radius 3 is 2.71 bits per heavy atom. The molecule has 14 heavy (non-hydrogen) atoms. The molecule has 0 radical (unpaired) electrons. The van der Waals surface area contributed by atoms with Crippen LogP contribution in [0.4, 0.5) is 5.82 Å². The van der Waals surface area contributed by atoms with E-state index in [2.05, 4.69) is 10.4 Å². The minimum atomic E-state index is 0.642.